The maximum atomic E-state index is 12.3. The third-order valence-corrected chi connectivity index (χ3v) is 3.42. The number of alkyl halides is 2. The molecule has 2 rings (SSSR count). The molecule has 1 aromatic rings. The number of aliphatic hydroxyl groups excluding tert-OH is 1. The molecule has 0 fully saturated rings. The first kappa shape index (κ1) is 13.8. The lowest BCUT2D eigenvalue weighted by Crippen LogP contribution is -2.36. The van der Waals surface area contributed by atoms with E-state index in [0.717, 1.165) is 0 Å². The largest absolute Gasteiger partial charge is 0.396 e. The van der Waals surface area contributed by atoms with E-state index in [1.165, 1.54) is 0 Å². The van der Waals surface area contributed by atoms with Crippen LogP contribution in [0.5, 0.6) is 0 Å². The molecule has 9 heteroatoms. The lowest BCUT2D eigenvalue weighted by molar-refractivity contribution is 0.150. The molecular formula is C10H12F2N4O2S. The minimum Gasteiger partial charge on any atom is -0.396 e. The fourth-order valence-electron chi connectivity index (χ4n) is 1.69. The van der Waals surface area contributed by atoms with Crippen molar-refractivity contribution in [2.45, 2.75) is 18.9 Å². The fourth-order valence-corrected chi connectivity index (χ4v) is 2.29. The van der Waals surface area contributed by atoms with Crippen LogP contribution in [0.25, 0.3) is 0 Å². The van der Waals surface area contributed by atoms with Gasteiger partial charge in [0.05, 0.1) is 0 Å². The molecule has 0 unspecified atom stereocenters. The molecule has 1 aliphatic carbocycles. The summed E-state index contributed by atoms with van der Waals surface area (Å²) >= 11 is 0.630. The molecular weight excluding hydrogens is 278 g/mol. The summed E-state index contributed by atoms with van der Waals surface area (Å²) in [5.74, 6) is 0.0391. The third-order valence-electron chi connectivity index (χ3n) is 2.57. The van der Waals surface area contributed by atoms with Gasteiger partial charge in [-0.25, -0.2) is 13.6 Å². The minimum atomic E-state index is -2.70. The number of urea groups is 1. The molecule has 0 saturated heterocycles. The van der Waals surface area contributed by atoms with Crippen LogP contribution in [0.1, 0.15) is 17.9 Å². The number of carbonyl (C=O) groups is 1. The van der Waals surface area contributed by atoms with Crippen molar-refractivity contribution in [2.24, 2.45) is 5.92 Å². The third kappa shape index (κ3) is 3.67. The Morgan fingerprint density at radius 1 is 1.53 bits per heavy atom. The summed E-state index contributed by atoms with van der Waals surface area (Å²) in [4.78, 5) is 11.6. The molecule has 2 amide bonds. The van der Waals surface area contributed by atoms with Gasteiger partial charge in [0, 0.05) is 18.6 Å². The zero-order chi connectivity index (χ0) is 13.8. The van der Waals surface area contributed by atoms with E-state index in [-0.39, 0.29) is 23.7 Å². The van der Waals surface area contributed by atoms with E-state index in [4.69, 9.17) is 5.11 Å². The van der Waals surface area contributed by atoms with Gasteiger partial charge in [-0.2, -0.15) is 0 Å². The molecule has 0 bridgehead atoms. The number of rotatable bonds is 4. The van der Waals surface area contributed by atoms with E-state index in [0.29, 0.717) is 17.8 Å². The second kappa shape index (κ2) is 6.02. The molecule has 0 radical (unpaired) electrons. The van der Waals surface area contributed by atoms with Crippen LogP contribution in [0.15, 0.2) is 12.2 Å². The Labute approximate surface area is 111 Å². The second-order valence-electron chi connectivity index (χ2n) is 4.01. The monoisotopic (exact) mass is 290 g/mol. The average Bonchev–Trinajstić information content (AvgIpc) is 2.98. The molecule has 0 spiro atoms. The van der Waals surface area contributed by atoms with Crippen molar-refractivity contribution in [3.63, 3.8) is 0 Å². The van der Waals surface area contributed by atoms with E-state index in [1.54, 1.807) is 6.08 Å². The zero-order valence-electron chi connectivity index (χ0n) is 9.72. The highest BCUT2D eigenvalue weighted by atomic mass is 32.1. The first-order valence-corrected chi connectivity index (χ1v) is 6.38. The smallest absolute Gasteiger partial charge is 0.321 e. The van der Waals surface area contributed by atoms with Crippen molar-refractivity contribution in [1.82, 2.24) is 15.5 Å². The van der Waals surface area contributed by atoms with Crippen LogP contribution >= 0.6 is 11.3 Å². The normalized spacial score (nSPS) is 21.9. The van der Waals surface area contributed by atoms with Crippen molar-refractivity contribution in [2.75, 3.05) is 11.9 Å². The second-order valence-corrected chi connectivity index (χ2v) is 5.02. The van der Waals surface area contributed by atoms with Crippen LogP contribution in [0.3, 0.4) is 0 Å². The van der Waals surface area contributed by atoms with Crippen LogP contribution < -0.4 is 10.6 Å². The molecule has 19 heavy (non-hydrogen) atoms. The molecule has 2 atom stereocenters. The first-order valence-electron chi connectivity index (χ1n) is 5.56. The number of hydrogen-bond donors (Lipinski definition) is 3. The first-order chi connectivity index (χ1) is 9.08. The maximum absolute atomic E-state index is 12.3. The van der Waals surface area contributed by atoms with Gasteiger partial charge in [-0.15, -0.1) is 10.2 Å². The van der Waals surface area contributed by atoms with E-state index >= 15 is 0 Å². The van der Waals surface area contributed by atoms with E-state index in [9.17, 15) is 13.6 Å². The number of anilines is 1. The van der Waals surface area contributed by atoms with Gasteiger partial charge in [-0.05, 0) is 6.42 Å². The molecule has 0 aromatic carbocycles. The van der Waals surface area contributed by atoms with Crippen molar-refractivity contribution < 1.29 is 18.7 Å². The Hall–Kier alpha value is -1.61. The lowest BCUT2D eigenvalue weighted by Gasteiger charge is -2.12. The van der Waals surface area contributed by atoms with Gasteiger partial charge in [0.25, 0.3) is 6.43 Å². The Morgan fingerprint density at radius 3 is 2.89 bits per heavy atom. The summed E-state index contributed by atoms with van der Waals surface area (Å²) in [6.07, 6.45) is 1.53. The van der Waals surface area contributed by atoms with Crippen molar-refractivity contribution >= 4 is 22.5 Å². The summed E-state index contributed by atoms with van der Waals surface area (Å²) < 4.78 is 24.5. The molecule has 3 N–H and O–H groups in total. The highest BCUT2D eigenvalue weighted by Gasteiger charge is 2.20. The number of carbonyl (C=O) groups excluding carboxylic acids is 1. The van der Waals surface area contributed by atoms with Gasteiger partial charge in [0.1, 0.15) is 0 Å². The topological polar surface area (TPSA) is 87.1 Å². The highest BCUT2D eigenvalue weighted by molar-refractivity contribution is 7.15. The predicted molar refractivity (Wildman–Crippen MR) is 65.1 cm³/mol. The van der Waals surface area contributed by atoms with Crippen LogP contribution in [0.2, 0.25) is 0 Å². The Bertz CT molecular complexity index is 480. The minimum absolute atomic E-state index is 0.0217. The van der Waals surface area contributed by atoms with Gasteiger partial charge in [-0.3, -0.25) is 5.32 Å². The Balaban J connectivity index is 1.83. The zero-order valence-corrected chi connectivity index (χ0v) is 10.5. The van der Waals surface area contributed by atoms with Crippen molar-refractivity contribution in [3.05, 3.63) is 17.2 Å². The van der Waals surface area contributed by atoms with E-state index in [1.807, 2.05) is 6.08 Å². The van der Waals surface area contributed by atoms with Crippen LogP contribution in [-0.4, -0.2) is 34.0 Å². The lowest BCUT2D eigenvalue weighted by atomic mass is 10.1. The predicted octanol–water partition coefficient (Wildman–Crippen LogP) is 1.53. The summed E-state index contributed by atoms with van der Waals surface area (Å²) in [6, 6.07) is -0.718. The molecule has 104 valence electrons. The number of halogens is 2. The highest BCUT2D eigenvalue weighted by Crippen LogP contribution is 2.25. The van der Waals surface area contributed by atoms with E-state index < -0.39 is 17.5 Å². The quantitative estimate of drug-likeness (QED) is 0.734. The number of aliphatic hydroxyl groups is 1. The standard InChI is InChI=1S/C10H12F2N4O2S/c11-7(12)8-15-16-10(19-8)14-9(18)13-6-2-1-5(3-6)4-17/h1-2,5-7,17H,3-4H2,(H2,13,14,16,18)/t5-,6+/m0/s1. The van der Waals surface area contributed by atoms with Crippen LogP contribution in [-0.2, 0) is 0 Å². The van der Waals surface area contributed by atoms with Gasteiger partial charge in [0.15, 0.2) is 5.01 Å². The van der Waals surface area contributed by atoms with Crippen LogP contribution in [0, 0.1) is 5.92 Å². The van der Waals surface area contributed by atoms with Crippen molar-refractivity contribution in [1.29, 1.82) is 0 Å². The van der Waals surface area contributed by atoms with Crippen LogP contribution in [0.4, 0.5) is 18.7 Å². The van der Waals surface area contributed by atoms with Crippen molar-refractivity contribution in [3.8, 4) is 0 Å². The molecule has 6 nitrogen and oxygen atoms in total. The van der Waals surface area contributed by atoms with Gasteiger partial charge in [-0.1, -0.05) is 23.5 Å². The molecule has 0 aliphatic heterocycles. The molecule has 1 aliphatic rings. The number of nitrogens with zero attached hydrogens (tertiary/aromatic N) is 2. The molecule has 1 aromatic heterocycles. The molecule has 0 saturated carbocycles. The summed E-state index contributed by atoms with van der Waals surface area (Å²) in [7, 11) is 0. The Kier molecular flexibility index (Phi) is 4.38. The van der Waals surface area contributed by atoms with Gasteiger partial charge < -0.3 is 10.4 Å². The number of nitrogens with one attached hydrogen (secondary N) is 2. The number of amides is 2. The SMILES string of the molecule is O=C(Nc1nnc(C(F)F)s1)N[C@@H]1C=C[C@H](CO)C1. The average molecular weight is 290 g/mol. The van der Waals surface area contributed by atoms with Gasteiger partial charge >= 0.3 is 6.03 Å². The van der Waals surface area contributed by atoms with E-state index in [2.05, 4.69) is 20.8 Å². The summed E-state index contributed by atoms with van der Waals surface area (Å²) in [5, 5.41) is 20.2. The maximum Gasteiger partial charge on any atom is 0.321 e. The number of hydrogen-bond acceptors (Lipinski definition) is 5. The Morgan fingerprint density at radius 2 is 2.32 bits per heavy atom. The number of aromatic nitrogens is 2. The molecule has 1 heterocycles. The van der Waals surface area contributed by atoms with Gasteiger partial charge in [0.2, 0.25) is 5.13 Å². The summed E-state index contributed by atoms with van der Waals surface area (Å²) in [5.41, 5.74) is 0. The fraction of sp³-hybridized carbons (Fsp3) is 0.500. The summed E-state index contributed by atoms with van der Waals surface area (Å²) in [6.45, 7) is 0.0322.